The summed E-state index contributed by atoms with van der Waals surface area (Å²) in [5.74, 6) is -0.401. The normalized spacial score (nSPS) is 9.73. The molecule has 0 aromatic carbocycles. The molecule has 2 N–H and O–H groups in total. The molecule has 1 aromatic heterocycles. The van der Waals surface area contributed by atoms with Crippen molar-refractivity contribution in [3.63, 3.8) is 0 Å². The van der Waals surface area contributed by atoms with Gasteiger partial charge in [0.15, 0.2) is 0 Å². The Bertz CT molecular complexity index is 362. The highest BCUT2D eigenvalue weighted by Crippen LogP contribution is 2.07. The zero-order chi connectivity index (χ0) is 11.3. The van der Waals surface area contributed by atoms with Gasteiger partial charge in [-0.1, -0.05) is 0 Å². The molecule has 2 amide bonds. The average Bonchev–Trinajstić information content (AvgIpc) is 2.60. The Hall–Kier alpha value is -1.43. The van der Waals surface area contributed by atoms with E-state index in [9.17, 15) is 9.59 Å². The molecule has 0 saturated carbocycles. The lowest BCUT2D eigenvalue weighted by Gasteiger charge is -2.02. The van der Waals surface area contributed by atoms with E-state index in [1.165, 1.54) is 18.4 Å². The molecule has 5 nitrogen and oxygen atoms in total. The smallest absolute Gasteiger partial charge is 0.239 e. The summed E-state index contributed by atoms with van der Waals surface area (Å²) in [7, 11) is 1.53. The van der Waals surface area contributed by atoms with Gasteiger partial charge in [-0.15, -0.1) is 11.3 Å². The topological polar surface area (TPSA) is 71.1 Å². The fourth-order valence-electron chi connectivity index (χ4n) is 0.984. The van der Waals surface area contributed by atoms with Crippen molar-refractivity contribution in [3.8, 4) is 0 Å². The van der Waals surface area contributed by atoms with Gasteiger partial charge in [-0.05, 0) is 6.92 Å². The number of rotatable bonds is 4. The van der Waals surface area contributed by atoms with Crippen molar-refractivity contribution >= 4 is 23.2 Å². The van der Waals surface area contributed by atoms with Gasteiger partial charge in [0.1, 0.15) is 0 Å². The van der Waals surface area contributed by atoms with E-state index in [0.717, 1.165) is 10.7 Å². The lowest BCUT2D eigenvalue weighted by molar-refractivity contribution is -0.125. The van der Waals surface area contributed by atoms with Crippen molar-refractivity contribution in [2.24, 2.45) is 0 Å². The van der Waals surface area contributed by atoms with Crippen LogP contribution in [0.5, 0.6) is 0 Å². The van der Waals surface area contributed by atoms with Gasteiger partial charge in [-0.3, -0.25) is 9.59 Å². The summed E-state index contributed by atoms with van der Waals surface area (Å²) in [6, 6.07) is 0. The Morgan fingerprint density at radius 2 is 2.20 bits per heavy atom. The Labute approximate surface area is 91.9 Å². The Morgan fingerprint density at radius 3 is 2.73 bits per heavy atom. The molecule has 0 spiro atoms. The van der Waals surface area contributed by atoms with Crippen LogP contribution in [0.1, 0.15) is 10.7 Å². The summed E-state index contributed by atoms with van der Waals surface area (Å²) in [6.45, 7) is 1.90. The SMILES string of the molecule is CNC(=O)CNC(=O)Cc1csc(C)n1. The number of aromatic nitrogens is 1. The second kappa shape index (κ2) is 5.45. The fourth-order valence-corrected chi connectivity index (χ4v) is 1.60. The number of amides is 2. The molecule has 0 unspecified atom stereocenters. The molecule has 15 heavy (non-hydrogen) atoms. The van der Waals surface area contributed by atoms with E-state index in [1.54, 1.807) is 0 Å². The maximum Gasteiger partial charge on any atom is 0.239 e. The van der Waals surface area contributed by atoms with Gasteiger partial charge in [0.2, 0.25) is 11.8 Å². The van der Waals surface area contributed by atoms with Crippen LogP contribution in [0, 0.1) is 6.92 Å². The van der Waals surface area contributed by atoms with Crippen LogP contribution in [0.2, 0.25) is 0 Å². The third kappa shape index (κ3) is 4.07. The largest absolute Gasteiger partial charge is 0.358 e. The second-order valence-electron chi connectivity index (χ2n) is 2.98. The molecule has 0 aliphatic carbocycles. The monoisotopic (exact) mass is 227 g/mol. The predicted octanol–water partition coefficient (Wildman–Crippen LogP) is -0.144. The van der Waals surface area contributed by atoms with Gasteiger partial charge >= 0.3 is 0 Å². The highest BCUT2D eigenvalue weighted by atomic mass is 32.1. The molecule has 82 valence electrons. The summed E-state index contributed by atoms with van der Waals surface area (Å²) in [5.41, 5.74) is 0.743. The number of hydrogen-bond acceptors (Lipinski definition) is 4. The molecule has 0 aliphatic heterocycles. The van der Waals surface area contributed by atoms with Gasteiger partial charge in [-0.2, -0.15) is 0 Å². The van der Waals surface area contributed by atoms with E-state index < -0.39 is 0 Å². The lowest BCUT2D eigenvalue weighted by Crippen LogP contribution is -2.35. The zero-order valence-corrected chi connectivity index (χ0v) is 9.48. The van der Waals surface area contributed by atoms with E-state index in [2.05, 4.69) is 15.6 Å². The second-order valence-corrected chi connectivity index (χ2v) is 4.05. The molecule has 0 fully saturated rings. The highest BCUT2D eigenvalue weighted by molar-refractivity contribution is 7.09. The van der Waals surface area contributed by atoms with Crippen molar-refractivity contribution < 1.29 is 9.59 Å². The molecule has 0 aliphatic rings. The first-order chi connectivity index (χ1) is 7.11. The van der Waals surface area contributed by atoms with Crippen LogP contribution >= 0.6 is 11.3 Å². The first-order valence-corrected chi connectivity index (χ1v) is 5.38. The molecule has 1 rings (SSSR count). The quantitative estimate of drug-likeness (QED) is 0.752. The van der Waals surface area contributed by atoms with Gasteiger partial charge < -0.3 is 10.6 Å². The zero-order valence-electron chi connectivity index (χ0n) is 8.66. The average molecular weight is 227 g/mol. The van der Waals surface area contributed by atoms with E-state index in [1.807, 2.05) is 12.3 Å². The molecule has 1 heterocycles. The maximum atomic E-state index is 11.3. The van der Waals surface area contributed by atoms with Crippen LogP contribution in [0.15, 0.2) is 5.38 Å². The number of nitrogens with one attached hydrogen (secondary N) is 2. The third-order valence-corrected chi connectivity index (χ3v) is 2.56. The van der Waals surface area contributed by atoms with E-state index in [0.29, 0.717) is 0 Å². The molecule has 0 bridgehead atoms. The maximum absolute atomic E-state index is 11.3. The fraction of sp³-hybridized carbons (Fsp3) is 0.444. The van der Waals surface area contributed by atoms with Crippen LogP contribution < -0.4 is 10.6 Å². The third-order valence-electron chi connectivity index (χ3n) is 1.73. The Balaban J connectivity index is 2.33. The number of aryl methyl sites for hydroxylation is 1. The molecular formula is C9H13N3O2S. The minimum absolute atomic E-state index is 0.0124. The first-order valence-electron chi connectivity index (χ1n) is 4.50. The predicted molar refractivity (Wildman–Crippen MR) is 57.6 cm³/mol. The molecule has 0 atom stereocenters. The van der Waals surface area contributed by atoms with Crippen molar-refractivity contribution in [2.45, 2.75) is 13.3 Å². The van der Waals surface area contributed by atoms with E-state index in [4.69, 9.17) is 0 Å². The summed E-state index contributed by atoms with van der Waals surface area (Å²) in [5, 5.41) is 7.70. The van der Waals surface area contributed by atoms with Crippen molar-refractivity contribution in [3.05, 3.63) is 16.1 Å². The summed E-state index contributed by atoms with van der Waals surface area (Å²) in [4.78, 5) is 26.3. The molecule has 0 saturated heterocycles. The van der Waals surface area contributed by atoms with Gasteiger partial charge in [0.05, 0.1) is 23.7 Å². The highest BCUT2D eigenvalue weighted by Gasteiger charge is 2.07. The van der Waals surface area contributed by atoms with Gasteiger partial charge in [0.25, 0.3) is 0 Å². The van der Waals surface area contributed by atoms with Crippen LogP contribution in [-0.2, 0) is 16.0 Å². The van der Waals surface area contributed by atoms with E-state index in [-0.39, 0.29) is 24.8 Å². The summed E-state index contributed by atoms with van der Waals surface area (Å²) in [6.07, 6.45) is 0.224. The minimum atomic E-state index is -0.210. The first kappa shape index (κ1) is 11.6. The van der Waals surface area contributed by atoms with Crippen molar-refractivity contribution in [1.29, 1.82) is 0 Å². The minimum Gasteiger partial charge on any atom is -0.358 e. The van der Waals surface area contributed by atoms with E-state index >= 15 is 0 Å². The molecule has 6 heteroatoms. The number of hydrogen-bond donors (Lipinski definition) is 2. The molecular weight excluding hydrogens is 214 g/mol. The number of carbonyl (C=O) groups is 2. The van der Waals surface area contributed by atoms with Crippen molar-refractivity contribution in [2.75, 3.05) is 13.6 Å². The summed E-state index contributed by atoms with van der Waals surface area (Å²) < 4.78 is 0. The molecule has 1 aromatic rings. The number of thiazole rings is 1. The lowest BCUT2D eigenvalue weighted by atomic mass is 10.3. The number of likely N-dealkylation sites (N-methyl/N-ethyl adjacent to an activating group) is 1. The number of carbonyl (C=O) groups excluding carboxylic acids is 2. The van der Waals surface area contributed by atoms with Crippen LogP contribution in [0.3, 0.4) is 0 Å². The molecule has 0 radical (unpaired) electrons. The van der Waals surface area contributed by atoms with Crippen LogP contribution in [0.25, 0.3) is 0 Å². The summed E-state index contributed by atoms with van der Waals surface area (Å²) >= 11 is 1.50. The Kier molecular flexibility index (Phi) is 4.23. The number of nitrogens with zero attached hydrogens (tertiary/aromatic N) is 1. The van der Waals surface area contributed by atoms with Crippen molar-refractivity contribution in [1.82, 2.24) is 15.6 Å². The van der Waals surface area contributed by atoms with Crippen LogP contribution in [-0.4, -0.2) is 30.4 Å². The standard InChI is InChI=1S/C9H13N3O2S/c1-6-12-7(5-15-6)3-8(13)11-4-9(14)10-2/h5H,3-4H2,1-2H3,(H,10,14)(H,11,13). The van der Waals surface area contributed by atoms with Crippen LogP contribution in [0.4, 0.5) is 0 Å². The Morgan fingerprint density at radius 1 is 1.47 bits per heavy atom. The van der Waals surface area contributed by atoms with Gasteiger partial charge in [0, 0.05) is 12.4 Å². The van der Waals surface area contributed by atoms with Gasteiger partial charge in [-0.25, -0.2) is 4.98 Å².